The van der Waals surface area contributed by atoms with Gasteiger partial charge < -0.3 is 10.5 Å². The molecule has 0 amide bonds. The normalized spacial score (nSPS) is 10.3. The van der Waals surface area contributed by atoms with Crippen LogP contribution in [-0.2, 0) is 5.75 Å². The number of hydrogen-bond donors (Lipinski definition) is 2. The summed E-state index contributed by atoms with van der Waals surface area (Å²) in [5.74, 6) is 0.530. The lowest BCUT2D eigenvalue weighted by Crippen LogP contribution is -2.14. The van der Waals surface area contributed by atoms with Gasteiger partial charge in [0.2, 0.25) is 0 Å². The topological polar surface area (TPSA) is 59.1 Å². The molecule has 0 aromatic heterocycles. The number of benzene rings is 2. The van der Waals surface area contributed by atoms with Crippen molar-refractivity contribution in [3.05, 3.63) is 59.4 Å². The minimum absolute atomic E-state index is 0.142. The van der Waals surface area contributed by atoms with Gasteiger partial charge in [-0.1, -0.05) is 24.3 Å². The summed E-state index contributed by atoms with van der Waals surface area (Å²) in [7, 11) is 1.61. The number of para-hydroxylation sites is 1. The number of hydrogen-bond acceptors (Lipinski definition) is 3. The molecule has 3 N–H and O–H groups in total. The van der Waals surface area contributed by atoms with Gasteiger partial charge in [0.25, 0.3) is 0 Å². The molecule has 0 unspecified atom stereocenters. The van der Waals surface area contributed by atoms with E-state index in [0.717, 1.165) is 10.6 Å². The van der Waals surface area contributed by atoms with Gasteiger partial charge in [0, 0.05) is 10.6 Å². The standard InChI is InChI=1S/C15H15FN2OS/c1-19-12-7-2-3-8-13(12)20-9-10-5-4-6-11(14(10)16)15(17)18/h2-8H,9H2,1H3,(H3,17,18). The van der Waals surface area contributed by atoms with Crippen molar-refractivity contribution in [2.75, 3.05) is 7.11 Å². The molecule has 0 heterocycles. The lowest BCUT2D eigenvalue weighted by atomic mass is 10.1. The van der Waals surface area contributed by atoms with Crippen LogP contribution in [0.25, 0.3) is 0 Å². The first kappa shape index (κ1) is 14.4. The van der Waals surface area contributed by atoms with Crippen molar-refractivity contribution in [2.24, 2.45) is 5.73 Å². The molecule has 0 saturated heterocycles. The number of nitrogens with two attached hydrogens (primary N) is 1. The summed E-state index contributed by atoms with van der Waals surface area (Å²) in [5.41, 5.74) is 6.02. The van der Waals surface area contributed by atoms with Crippen LogP contribution in [0.2, 0.25) is 0 Å². The first-order valence-corrected chi connectivity index (χ1v) is 6.99. The predicted molar refractivity (Wildman–Crippen MR) is 80.0 cm³/mol. The summed E-state index contributed by atoms with van der Waals surface area (Å²) in [5, 5.41) is 7.34. The molecule has 2 aromatic carbocycles. The van der Waals surface area contributed by atoms with Gasteiger partial charge in [-0.3, -0.25) is 5.41 Å². The Bertz CT molecular complexity index is 631. The smallest absolute Gasteiger partial charge is 0.138 e. The Balaban J connectivity index is 2.19. The minimum Gasteiger partial charge on any atom is -0.496 e. The average Bonchev–Trinajstić information content (AvgIpc) is 2.46. The fraction of sp³-hybridized carbons (Fsp3) is 0.133. The summed E-state index contributed by atoms with van der Waals surface area (Å²) in [6.45, 7) is 0. The van der Waals surface area contributed by atoms with Gasteiger partial charge in [-0.25, -0.2) is 4.39 Å². The zero-order valence-corrected chi connectivity index (χ0v) is 11.8. The summed E-state index contributed by atoms with van der Waals surface area (Å²) in [4.78, 5) is 0.947. The second kappa shape index (κ2) is 6.43. The molecule has 0 saturated carbocycles. The number of nitrogens with one attached hydrogen (secondary N) is 1. The number of halogens is 1. The van der Waals surface area contributed by atoms with Crippen LogP contribution in [0.1, 0.15) is 11.1 Å². The third-order valence-electron chi connectivity index (χ3n) is 2.82. The first-order chi connectivity index (χ1) is 9.63. The number of amidine groups is 1. The Morgan fingerprint density at radius 3 is 2.70 bits per heavy atom. The zero-order valence-electron chi connectivity index (χ0n) is 11.0. The minimum atomic E-state index is -0.428. The van der Waals surface area contributed by atoms with Gasteiger partial charge >= 0.3 is 0 Å². The Labute approximate surface area is 121 Å². The molecule has 0 aliphatic carbocycles. The maximum atomic E-state index is 14.1. The molecule has 0 radical (unpaired) electrons. The van der Waals surface area contributed by atoms with Gasteiger partial charge in [-0.15, -0.1) is 11.8 Å². The Morgan fingerprint density at radius 2 is 2.00 bits per heavy atom. The molecular weight excluding hydrogens is 275 g/mol. The number of ether oxygens (including phenoxy) is 1. The van der Waals surface area contributed by atoms with E-state index in [-0.39, 0.29) is 11.4 Å². The molecule has 2 aromatic rings. The van der Waals surface area contributed by atoms with Crippen molar-refractivity contribution in [3.8, 4) is 5.75 Å². The zero-order chi connectivity index (χ0) is 14.5. The highest BCUT2D eigenvalue weighted by atomic mass is 32.2. The molecule has 3 nitrogen and oxygen atoms in total. The highest BCUT2D eigenvalue weighted by molar-refractivity contribution is 7.98. The van der Waals surface area contributed by atoms with Crippen molar-refractivity contribution in [1.29, 1.82) is 5.41 Å². The van der Waals surface area contributed by atoms with Crippen LogP contribution in [0.3, 0.4) is 0 Å². The maximum Gasteiger partial charge on any atom is 0.138 e. The number of thioether (sulfide) groups is 1. The van der Waals surface area contributed by atoms with Crippen LogP contribution in [-0.4, -0.2) is 12.9 Å². The molecular formula is C15H15FN2OS. The average molecular weight is 290 g/mol. The van der Waals surface area contributed by atoms with Gasteiger partial charge in [0.05, 0.1) is 12.7 Å². The van der Waals surface area contributed by atoms with E-state index in [1.54, 1.807) is 19.2 Å². The Morgan fingerprint density at radius 1 is 1.25 bits per heavy atom. The molecule has 20 heavy (non-hydrogen) atoms. The maximum absolute atomic E-state index is 14.1. The Hall–Kier alpha value is -2.01. The second-order valence-corrected chi connectivity index (χ2v) is 5.15. The van der Waals surface area contributed by atoms with Gasteiger partial charge in [-0.05, 0) is 23.8 Å². The van der Waals surface area contributed by atoms with E-state index < -0.39 is 5.82 Å². The molecule has 0 aliphatic rings. The first-order valence-electron chi connectivity index (χ1n) is 6.01. The third kappa shape index (κ3) is 3.11. The lowest BCUT2D eigenvalue weighted by Gasteiger charge is -2.09. The van der Waals surface area contributed by atoms with E-state index in [2.05, 4.69) is 0 Å². The van der Waals surface area contributed by atoms with Crippen LogP contribution in [0.5, 0.6) is 5.75 Å². The van der Waals surface area contributed by atoms with E-state index in [4.69, 9.17) is 15.9 Å². The van der Waals surface area contributed by atoms with Crippen LogP contribution in [0, 0.1) is 11.2 Å². The van der Waals surface area contributed by atoms with Crippen molar-refractivity contribution in [1.82, 2.24) is 0 Å². The van der Waals surface area contributed by atoms with Crippen molar-refractivity contribution in [3.63, 3.8) is 0 Å². The van der Waals surface area contributed by atoms with Crippen molar-refractivity contribution >= 4 is 17.6 Å². The molecule has 0 fully saturated rings. The molecule has 104 valence electrons. The van der Waals surface area contributed by atoms with Crippen LogP contribution in [0.15, 0.2) is 47.4 Å². The third-order valence-corrected chi connectivity index (χ3v) is 3.92. The van der Waals surface area contributed by atoms with E-state index >= 15 is 0 Å². The number of methoxy groups -OCH3 is 1. The summed E-state index contributed by atoms with van der Waals surface area (Å²) in [6, 6.07) is 12.5. The summed E-state index contributed by atoms with van der Waals surface area (Å²) in [6.07, 6.45) is 0. The molecule has 2 rings (SSSR count). The second-order valence-electron chi connectivity index (χ2n) is 4.13. The lowest BCUT2D eigenvalue weighted by molar-refractivity contribution is 0.405. The quantitative estimate of drug-likeness (QED) is 0.504. The highest BCUT2D eigenvalue weighted by Crippen LogP contribution is 2.32. The molecule has 0 spiro atoms. The van der Waals surface area contributed by atoms with Crippen molar-refractivity contribution < 1.29 is 9.13 Å². The SMILES string of the molecule is COc1ccccc1SCc1cccc(C(=N)N)c1F. The predicted octanol–water partition coefficient (Wildman–Crippen LogP) is 3.41. The van der Waals surface area contributed by atoms with Crippen molar-refractivity contribution in [2.45, 2.75) is 10.6 Å². The van der Waals surface area contributed by atoms with Crippen LogP contribution in [0.4, 0.5) is 4.39 Å². The summed E-state index contributed by atoms with van der Waals surface area (Å²) >= 11 is 1.48. The van der Waals surface area contributed by atoms with Gasteiger partial charge in [0.15, 0.2) is 0 Å². The molecule has 0 atom stereocenters. The van der Waals surface area contributed by atoms with Gasteiger partial charge in [0.1, 0.15) is 17.4 Å². The highest BCUT2D eigenvalue weighted by Gasteiger charge is 2.11. The van der Waals surface area contributed by atoms with E-state index in [0.29, 0.717) is 11.3 Å². The monoisotopic (exact) mass is 290 g/mol. The molecule has 0 bridgehead atoms. The molecule has 5 heteroatoms. The summed E-state index contributed by atoms with van der Waals surface area (Å²) < 4.78 is 19.4. The van der Waals surface area contributed by atoms with E-state index in [1.807, 2.05) is 24.3 Å². The number of nitrogen functional groups attached to an aromatic ring is 1. The largest absolute Gasteiger partial charge is 0.496 e. The van der Waals surface area contributed by atoms with E-state index in [1.165, 1.54) is 17.8 Å². The molecule has 0 aliphatic heterocycles. The fourth-order valence-corrected chi connectivity index (χ4v) is 2.80. The number of rotatable bonds is 5. The Kier molecular flexibility index (Phi) is 4.63. The van der Waals surface area contributed by atoms with E-state index in [9.17, 15) is 4.39 Å². The van der Waals surface area contributed by atoms with Gasteiger partial charge in [-0.2, -0.15) is 0 Å². The van der Waals surface area contributed by atoms with Crippen LogP contribution < -0.4 is 10.5 Å². The fourth-order valence-electron chi connectivity index (χ4n) is 1.79. The van der Waals surface area contributed by atoms with Crippen LogP contribution >= 0.6 is 11.8 Å².